The van der Waals surface area contributed by atoms with Gasteiger partial charge < -0.3 is 19.7 Å². The Labute approximate surface area is 141 Å². The number of hydrogen-bond donors (Lipinski definition) is 1. The van der Waals surface area contributed by atoms with Crippen molar-refractivity contribution >= 4 is 28.6 Å². The maximum absolute atomic E-state index is 12.0. The first-order valence-electron chi connectivity index (χ1n) is 7.51. The zero-order valence-electron chi connectivity index (χ0n) is 13.6. The smallest absolute Gasteiger partial charge is 0.410 e. The number of carbonyl (C=O) groups is 1. The molecule has 0 spiro atoms. The summed E-state index contributed by atoms with van der Waals surface area (Å²) in [5, 5.41) is 11.7. The zero-order chi connectivity index (χ0) is 17.0. The van der Waals surface area contributed by atoms with Crippen LogP contribution in [0, 0.1) is 0 Å². The largest absolute Gasteiger partial charge is 0.444 e. The fourth-order valence-electron chi connectivity index (χ4n) is 2.34. The summed E-state index contributed by atoms with van der Waals surface area (Å²) in [6, 6.07) is 7.45. The molecule has 0 aliphatic carbocycles. The standard InChI is InChI=1S/C16H22ClN3O3/c1-16(2,3)23-15(21)20-10-8-19(9-11-20)13-6-4-12(5-7-13)14(17)18-22/h4-7,22H,8-11H2,1-3H3. The first kappa shape index (κ1) is 17.4. The molecule has 1 aliphatic rings. The number of ether oxygens (including phenoxy) is 1. The Morgan fingerprint density at radius 3 is 2.22 bits per heavy atom. The van der Waals surface area contributed by atoms with Gasteiger partial charge in [0.15, 0.2) is 5.17 Å². The fourth-order valence-corrected chi connectivity index (χ4v) is 2.47. The van der Waals surface area contributed by atoms with Crippen molar-refractivity contribution in [3.63, 3.8) is 0 Å². The lowest BCUT2D eigenvalue weighted by Crippen LogP contribution is -2.50. The van der Waals surface area contributed by atoms with E-state index in [9.17, 15) is 4.79 Å². The molecule has 0 saturated carbocycles. The maximum Gasteiger partial charge on any atom is 0.410 e. The molecule has 0 unspecified atom stereocenters. The Bertz CT molecular complexity index is 573. The molecule has 1 aromatic rings. The highest BCUT2D eigenvalue weighted by Crippen LogP contribution is 2.19. The molecule has 126 valence electrons. The molecule has 1 N–H and O–H groups in total. The van der Waals surface area contributed by atoms with Gasteiger partial charge in [0.25, 0.3) is 0 Å². The molecule has 2 rings (SSSR count). The first-order valence-corrected chi connectivity index (χ1v) is 7.89. The molecule has 1 fully saturated rings. The van der Waals surface area contributed by atoms with Crippen molar-refractivity contribution < 1.29 is 14.7 Å². The van der Waals surface area contributed by atoms with Crippen LogP contribution >= 0.6 is 11.6 Å². The van der Waals surface area contributed by atoms with Gasteiger partial charge in [0.1, 0.15) is 5.60 Å². The third-order valence-electron chi connectivity index (χ3n) is 3.49. The SMILES string of the molecule is CC(C)(C)OC(=O)N1CCN(c2ccc(C(Cl)=NO)cc2)CC1. The van der Waals surface area contributed by atoms with Crippen LogP contribution in [-0.4, -0.2) is 53.2 Å². The van der Waals surface area contributed by atoms with E-state index < -0.39 is 5.60 Å². The molecule has 0 radical (unpaired) electrons. The lowest BCUT2D eigenvalue weighted by atomic mass is 10.2. The van der Waals surface area contributed by atoms with Crippen LogP contribution in [0.15, 0.2) is 29.4 Å². The molecular formula is C16H22ClN3O3. The summed E-state index contributed by atoms with van der Waals surface area (Å²) in [4.78, 5) is 16.0. The molecule has 1 heterocycles. The molecule has 1 saturated heterocycles. The van der Waals surface area contributed by atoms with Crippen LogP contribution in [0.4, 0.5) is 10.5 Å². The minimum absolute atomic E-state index is 0.0614. The monoisotopic (exact) mass is 339 g/mol. The van der Waals surface area contributed by atoms with Gasteiger partial charge in [-0.15, -0.1) is 0 Å². The summed E-state index contributed by atoms with van der Waals surface area (Å²) in [6.45, 7) is 8.31. The summed E-state index contributed by atoms with van der Waals surface area (Å²) < 4.78 is 5.39. The molecular weight excluding hydrogens is 318 g/mol. The predicted octanol–water partition coefficient (Wildman–Crippen LogP) is 3.12. The van der Waals surface area contributed by atoms with Gasteiger partial charge in [-0.2, -0.15) is 0 Å². The van der Waals surface area contributed by atoms with Gasteiger partial charge in [0.2, 0.25) is 0 Å². The number of anilines is 1. The second-order valence-corrected chi connectivity index (χ2v) is 6.75. The number of carbonyl (C=O) groups excluding carboxylic acids is 1. The van der Waals surface area contributed by atoms with Crippen molar-refractivity contribution in [1.29, 1.82) is 0 Å². The van der Waals surface area contributed by atoms with Crippen LogP contribution in [-0.2, 0) is 4.74 Å². The van der Waals surface area contributed by atoms with Crippen molar-refractivity contribution in [3.8, 4) is 0 Å². The fraction of sp³-hybridized carbons (Fsp3) is 0.500. The molecule has 6 nitrogen and oxygen atoms in total. The van der Waals surface area contributed by atoms with E-state index in [-0.39, 0.29) is 11.3 Å². The van der Waals surface area contributed by atoms with E-state index in [1.807, 2.05) is 32.9 Å². The molecule has 1 amide bonds. The van der Waals surface area contributed by atoms with Crippen molar-refractivity contribution in [2.75, 3.05) is 31.1 Å². The van der Waals surface area contributed by atoms with Gasteiger partial charge in [-0.3, -0.25) is 0 Å². The number of benzene rings is 1. The van der Waals surface area contributed by atoms with E-state index in [4.69, 9.17) is 21.5 Å². The highest BCUT2D eigenvalue weighted by molar-refractivity contribution is 6.69. The first-order chi connectivity index (χ1) is 10.8. The number of nitrogens with zero attached hydrogens (tertiary/aromatic N) is 3. The normalized spacial score (nSPS) is 16.4. The van der Waals surface area contributed by atoms with Crippen molar-refractivity contribution in [2.45, 2.75) is 26.4 Å². The third kappa shape index (κ3) is 4.76. The van der Waals surface area contributed by atoms with Gasteiger partial charge in [-0.05, 0) is 45.0 Å². The Morgan fingerprint density at radius 1 is 1.17 bits per heavy atom. The minimum Gasteiger partial charge on any atom is -0.444 e. The van der Waals surface area contributed by atoms with Crippen LogP contribution < -0.4 is 4.90 Å². The van der Waals surface area contributed by atoms with Crippen molar-refractivity contribution in [2.24, 2.45) is 5.16 Å². The number of hydrogen-bond acceptors (Lipinski definition) is 5. The van der Waals surface area contributed by atoms with E-state index in [0.29, 0.717) is 18.7 Å². The summed E-state index contributed by atoms with van der Waals surface area (Å²) in [7, 11) is 0. The number of rotatable bonds is 2. The van der Waals surface area contributed by atoms with Gasteiger partial charge in [-0.25, -0.2) is 4.79 Å². The average Bonchev–Trinajstić information content (AvgIpc) is 2.53. The van der Waals surface area contributed by atoms with Crippen LogP contribution in [0.5, 0.6) is 0 Å². The highest BCUT2D eigenvalue weighted by Gasteiger charge is 2.25. The van der Waals surface area contributed by atoms with Crippen LogP contribution in [0.3, 0.4) is 0 Å². The van der Waals surface area contributed by atoms with E-state index in [0.717, 1.165) is 18.8 Å². The topological polar surface area (TPSA) is 65.4 Å². The quantitative estimate of drug-likeness (QED) is 0.511. The van der Waals surface area contributed by atoms with Crippen LogP contribution in [0.25, 0.3) is 0 Å². The average molecular weight is 340 g/mol. The minimum atomic E-state index is -0.475. The maximum atomic E-state index is 12.0. The molecule has 1 aromatic carbocycles. The third-order valence-corrected chi connectivity index (χ3v) is 3.78. The molecule has 0 aromatic heterocycles. The second-order valence-electron chi connectivity index (χ2n) is 6.39. The molecule has 23 heavy (non-hydrogen) atoms. The Kier molecular flexibility index (Phi) is 5.36. The second kappa shape index (κ2) is 7.08. The van der Waals surface area contributed by atoms with E-state index in [1.165, 1.54) is 0 Å². The lowest BCUT2D eigenvalue weighted by molar-refractivity contribution is 0.0240. The van der Waals surface area contributed by atoms with Crippen molar-refractivity contribution in [3.05, 3.63) is 29.8 Å². The zero-order valence-corrected chi connectivity index (χ0v) is 14.4. The summed E-state index contributed by atoms with van der Waals surface area (Å²) in [5.41, 5.74) is 1.22. The number of halogens is 1. The van der Waals surface area contributed by atoms with E-state index in [1.54, 1.807) is 17.0 Å². The lowest BCUT2D eigenvalue weighted by Gasteiger charge is -2.36. The van der Waals surface area contributed by atoms with Gasteiger partial charge in [0.05, 0.1) is 0 Å². The van der Waals surface area contributed by atoms with Crippen LogP contribution in [0.2, 0.25) is 0 Å². The van der Waals surface area contributed by atoms with Crippen molar-refractivity contribution in [1.82, 2.24) is 4.90 Å². The Morgan fingerprint density at radius 2 is 1.74 bits per heavy atom. The number of amides is 1. The number of oxime groups is 1. The van der Waals surface area contributed by atoms with E-state index in [2.05, 4.69) is 10.1 Å². The Balaban J connectivity index is 1.93. The molecule has 0 atom stereocenters. The summed E-state index contributed by atoms with van der Waals surface area (Å²) in [6.07, 6.45) is -0.265. The highest BCUT2D eigenvalue weighted by atomic mass is 35.5. The number of piperazine rings is 1. The summed E-state index contributed by atoms with van der Waals surface area (Å²) in [5.74, 6) is 0. The van der Waals surface area contributed by atoms with E-state index >= 15 is 0 Å². The molecule has 7 heteroatoms. The molecule has 1 aliphatic heterocycles. The van der Waals surface area contributed by atoms with Gasteiger partial charge in [0, 0.05) is 37.4 Å². The summed E-state index contributed by atoms with van der Waals surface area (Å²) >= 11 is 5.76. The van der Waals surface area contributed by atoms with Gasteiger partial charge in [-0.1, -0.05) is 16.8 Å². The molecule has 0 bridgehead atoms. The predicted molar refractivity (Wildman–Crippen MR) is 90.6 cm³/mol. The van der Waals surface area contributed by atoms with Crippen LogP contribution in [0.1, 0.15) is 26.3 Å². The van der Waals surface area contributed by atoms with Gasteiger partial charge >= 0.3 is 6.09 Å². The Hall–Kier alpha value is -1.95.